The Labute approximate surface area is 123 Å². The van der Waals surface area contributed by atoms with Crippen LogP contribution in [-0.4, -0.2) is 53.3 Å². The van der Waals surface area contributed by atoms with Crippen LogP contribution in [0.25, 0.3) is 0 Å². The normalized spacial score (nSPS) is 14.8. The molecular weight excluding hydrogens is 274 g/mol. The van der Waals surface area contributed by atoms with Crippen LogP contribution in [-0.2, 0) is 9.53 Å². The minimum Gasteiger partial charge on any atom is -0.372 e. The lowest BCUT2D eigenvalue weighted by molar-refractivity contribution is -0.145. The second-order valence-corrected chi connectivity index (χ2v) is 5.03. The Morgan fingerprint density at radius 2 is 2.14 bits per heavy atom. The van der Waals surface area contributed by atoms with Gasteiger partial charge in [0, 0.05) is 25.8 Å². The molecule has 1 aliphatic heterocycles. The van der Waals surface area contributed by atoms with Gasteiger partial charge >= 0.3 is 0 Å². The first-order valence-corrected chi connectivity index (χ1v) is 7.26. The van der Waals surface area contributed by atoms with Crippen LogP contribution < -0.4 is 0 Å². The van der Waals surface area contributed by atoms with Crippen LogP contribution in [0.4, 0.5) is 0 Å². The summed E-state index contributed by atoms with van der Waals surface area (Å²) in [5, 5.41) is 6.57. The maximum absolute atomic E-state index is 12.3. The molecule has 2 rings (SSSR count). The second kappa shape index (κ2) is 7.21. The topological polar surface area (TPSA) is 75.9 Å². The molecule has 0 unspecified atom stereocenters. The molecule has 1 fully saturated rings. The summed E-state index contributed by atoms with van der Waals surface area (Å²) in [5.41, 5.74) is 0.221. The van der Waals surface area contributed by atoms with Gasteiger partial charge in [0.1, 0.15) is 12.4 Å². The summed E-state index contributed by atoms with van der Waals surface area (Å²) in [6.45, 7) is 5.38. The molecule has 116 valence electrons. The van der Waals surface area contributed by atoms with Gasteiger partial charge < -0.3 is 9.26 Å². The lowest BCUT2D eigenvalue weighted by atomic mass is 10.3. The number of nitrogens with zero attached hydrogens (tertiary/aromatic N) is 3. The molecule has 0 saturated carbocycles. The van der Waals surface area contributed by atoms with Crippen molar-refractivity contribution in [2.75, 3.05) is 26.3 Å². The first-order valence-electron chi connectivity index (χ1n) is 7.26. The van der Waals surface area contributed by atoms with E-state index in [4.69, 9.17) is 9.26 Å². The van der Waals surface area contributed by atoms with Crippen molar-refractivity contribution in [2.24, 2.45) is 0 Å². The minimum atomic E-state index is -0.314. The summed E-state index contributed by atoms with van der Waals surface area (Å²) in [5.74, 6) is 0.0572. The highest BCUT2D eigenvalue weighted by molar-refractivity contribution is 5.94. The minimum absolute atomic E-state index is 0.00161. The molecule has 0 radical (unpaired) electrons. The van der Waals surface area contributed by atoms with E-state index in [9.17, 15) is 9.59 Å². The Morgan fingerprint density at radius 3 is 2.81 bits per heavy atom. The quantitative estimate of drug-likeness (QED) is 0.741. The maximum Gasteiger partial charge on any atom is 0.294 e. The van der Waals surface area contributed by atoms with Crippen LogP contribution in [0.15, 0.2) is 10.6 Å². The number of carbonyl (C=O) groups excluding carboxylic acids is 2. The van der Waals surface area contributed by atoms with Crippen LogP contribution >= 0.6 is 0 Å². The maximum atomic E-state index is 12.3. The number of ether oxygens (including phenoxy) is 1. The third-order valence-corrected chi connectivity index (χ3v) is 3.27. The van der Waals surface area contributed by atoms with Crippen molar-refractivity contribution in [1.29, 1.82) is 0 Å². The van der Waals surface area contributed by atoms with E-state index in [1.54, 1.807) is 13.0 Å². The van der Waals surface area contributed by atoms with Crippen LogP contribution in [0.2, 0.25) is 0 Å². The SMILES string of the molecule is CCCCOCC(=O)N1CCCN1C(=O)c1cc(C)on1. The van der Waals surface area contributed by atoms with Gasteiger partial charge in [-0.25, -0.2) is 10.0 Å². The average Bonchev–Trinajstić information content (AvgIpc) is 3.11. The van der Waals surface area contributed by atoms with Crippen molar-refractivity contribution >= 4 is 11.8 Å². The number of rotatable bonds is 6. The van der Waals surface area contributed by atoms with Gasteiger partial charge in [-0.15, -0.1) is 0 Å². The van der Waals surface area contributed by atoms with Gasteiger partial charge in [0.05, 0.1) is 0 Å². The number of hydrogen-bond donors (Lipinski definition) is 0. The number of hydrogen-bond acceptors (Lipinski definition) is 5. The zero-order chi connectivity index (χ0) is 15.2. The van der Waals surface area contributed by atoms with Crippen LogP contribution in [0.5, 0.6) is 0 Å². The van der Waals surface area contributed by atoms with E-state index < -0.39 is 0 Å². The standard InChI is InChI=1S/C14H21N3O4/c1-3-4-8-20-10-13(18)16-6-5-7-17(16)14(19)12-9-11(2)21-15-12/h9H,3-8,10H2,1-2H3. The zero-order valence-corrected chi connectivity index (χ0v) is 12.5. The number of aryl methyl sites for hydroxylation is 1. The Balaban J connectivity index is 1.93. The summed E-state index contributed by atoms with van der Waals surface area (Å²) < 4.78 is 10.2. The summed E-state index contributed by atoms with van der Waals surface area (Å²) in [7, 11) is 0. The number of amides is 2. The van der Waals surface area contributed by atoms with Gasteiger partial charge in [-0.2, -0.15) is 0 Å². The van der Waals surface area contributed by atoms with Crippen molar-refractivity contribution in [3.63, 3.8) is 0 Å². The van der Waals surface area contributed by atoms with Gasteiger partial charge in [-0.05, 0) is 19.8 Å². The highest BCUT2D eigenvalue weighted by Crippen LogP contribution is 2.15. The van der Waals surface area contributed by atoms with Crippen molar-refractivity contribution in [1.82, 2.24) is 15.2 Å². The molecule has 7 nitrogen and oxygen atoms in total. The number of unbranched alkanes of at least 4 members (excludes halogenated alkanes) is 1. The number of aromatic nitrogens is 1. The molecule has 1 aliphatic rings. The fraction of sp³-hybridized carbons (Fsp3) is 0.643. The average molecular weight is 295 g/mol. The molecule has 0 atom stereocenters. The molecule has 21 heavy (non-hydrogen) atoms. The van der Waals surface area contributed by atoms with Gasteiger partial charge in [0.25, 0.3) is 11.8 Å². The highest BCUT2D eigenvalue weighted by Gasteiger charge is 2.32. The molecule has 0 bridgehead atoms. The van der Waals surface area contributed by atoms with Gasteiger partial charge in [-0.3, -0.25) is 9.59 Å². The number of hydrazine groups is 1. The summed E-state index contributed by atoms with van der Waals surface area (Å²) >= 11 is 0. The largest absolute Gasteiger partial charge is 0.372 e. The Kier molecular flexibility index (Phi) is 5.32. The molecule has 1 aromatic heterocycles. The van der Waals surface area contributed by atoms with E-state index >= 15 is 0 Å². The fourth-order valence-electron chi connectivity index (χ4n) is 2.16. The molecule has 0 aliphatic carbocycles. The third kappa shape index (κ3) is 3.81. The van der Waals surface area contributed by atoms with Crippen molar-refractivity contribution in [2.45, 2.75) is 33.1 Å². The molecular formula is C14H21N3O4. The van der Waals surface area contributed by atoms with E-state index in [1.165, 1.54) is 10.0 Å². The van der Waals surface area contributed by atoms with Gasteiger partial charge in [-0.1, -0.05) is 18.5 Å². The lowest BCUT2D eigenvalue weighted by Gasteiger charge is -2.27. The predicted octanol–water partition coefficient (Wildman–Crippen LogP) is 1.39. The number of carbonyl (C=O) groups is 2. The molecule has 2 heterocycles. The van der Waals surface area contributed by atoms with Crippen LogP contribution in [0.1, 0.15) is 42.4 Å². The molecule has 7 heteroatoms. The molecule has 0 N–H and O–H groups in total. The molecule has 2 amide bonds. The second-order valence-electron chi connectivity index (χ2n) is 5.03. The Hall–Kier alpha value is -1.89. The van der Waals surface area contributed by atoms with Crippen molar-refractivity contribution < 1.29 is 18.8 Å². The molecule has 1 aromatic rings. The van der Waals surface area contributed by atoms with Crippen LogP contribution in [0, 0.1) is 6.92 Å². The molecule has 1 saturated heterocycles. The molecule has 0 spiro atoms. The third-order valence-electron chi connectivity index (χ3n) is 3.27. The van der Waals surface area contributed by atoms with Crippen molar-refractivity contribution in [3.05, 3.63) is 17.5 Å². The fourth-order valence-corrected chi connectivity index (χ4v) is 2.16. The predicted molar refractivity (Wildman–Crippen MR) is 74.3 cm³/mol. The van der Waals surface area contributed by atoms with Gasteiger partial charge in [0.15, 0.2) is 5.69 Å². The van der Waals surface area contributed by atoms with E-state index in [0.717, 1.165) is 19.3 Å². The zero-order valence-electron chi connectivity index (χ0n) is 12.5. The Morgan fingerprint density at radius 1 is 1.38 bits per heavy atom. The van der Waals surface area contributed by atoms with Crippen LogP contribution in [0.3, 0.4) is 0 Å². The van der Waals surface area contributed by atoms with E-state index in [2.05, 4.69) is 12.1 Å². The Bertz CT molecular complexity index is 500. The first-order chi connectivity index (χ1) is 10.1. The van der Waals surface area contributed by atoms with Gasteiger partial charge in [0.2, 0.25) is 0 Å². The first kappa shape index (κ1) is 15.5. The lowest BCUT2D eigenvalue weighted by Crippen LogP contribution is -2.46. The molecule has 0 aromatic carbocycles. The van der Waals surface area contributed by atoms with E-state index in [1.807, 2.05) is 0 Å². The summed E-state index contributed by atoms with van der Waals surface area (Å²) in [6.07, 6.45) is 2.70. The van der Waals surface area contributed by atoms with E-state index in [-0.39, 0.29) is 24.1 Å². The highest BCUT2D eigenvalue weighted by atomic mass is 16.5. The van der Waals surface area contributed by atoms with Crippen molar-refractivity contribution in [3.8, 4) is 0 Å². The summed E-state index contributed by atoms with van der Waals surface area (Å²) in [4.78, 5) is 24.4. The smallest absolute Gasteiger partial charge is 0.294 e. The monoisotopic (exact) mass is 295 g/mol. The van der Waals surface area contributed by atoms with E-state index in [0.29, 0.717) is 25.5 Å². The summed E-state index contributed by atoms with van der Waals surface area (Å²) in [6, 6.07) is 1.57.